The van der Waals surface area contributed by atoms with E-state index in [4.69, 9.17) is 9.47 Å². The summed E-state index contributed by atoms with van der Waals surface area (Å²) in [6.07, 6.45) is -1.33. The van der Waals surface area contributed by atoms with E-state index in [0.29, 0.717) is 0 Å². The second-order valence-electron chi connectivity index (χ2n) is 6.53. The van der Waals surface area contributed by atoms with Gasteiger partial charge in [-0.05, 0) is 12.0 Å². The summed E-state index contributed by atoms with van der Waals surface area (Å²) in [6.45, 7) is 3.81. The van der Waals surface area contributed by atoms with Crippen molar-refractivity contribution >= 4 is 23.8 Å². The lowest BCUT2D eigenvalue weighted by molar-refractivity contribution is -0.165. The zero-order chi connectivity index (χ0) is 20.0. The predicted molar refractivity (Wildman–Crippen MR) is 95.4 cm³/mol. The van der Waals surface area contributed by atoms with Gasteiger partial charge < -0.3 is 20.1 Å². The van der Waals surface area contributed by atoms with Gasteiger partial charge in [0.25, 0.3) is 0 Å². The van der Waals surface area contributed by atoms with E-state index in [-0.39, 0.29) is 24.7 Å². The van der Waals surface area contributed by atoms with Crippen molar-refractivity contribution in [2.24, 2.45) is 0 Å². The van der Waals surface area contributed by atoms with Gasteiger partial charge in [-0.1, -0.05) is 30.3 Å². The van der Waals surface area contributed by atoms with E-state index >= 15 is 0 Å². The second kappa shape index (κ2) is 9.16. The van der Waals surface area contributed by atoms with E-state index in [1.54, 1.807) is 0 Å². The number of hydrogen-bond donors (Lipinski definition) is 2. The molecule has 0 saturated heterocycles. The number of carbonyl (C=O) groups excluding carboxylic acids is 4. The lowest BCUT2D eigenvalue weighted by Gasteiger charge is -2.26. The summed E-state index contributed by atoms with van der Waals surface area (Å²) in [7, 11) is 0. The summed E-state index contributed by atoms with van der Waals surface area (Å²) in [5.41, 5.74) is 0.840. The molecule has 0 heterocycles. The number of benzene rings is 1. The number of nitrogens with one attached hydrogen (secondary N) is 2. The van der Waals surface area contributed by atoms with Crippen molar-refractivity contribution in [1.29, 1.82) is 0 Å². The van der Waals surface area contributed by atoms with Crippen molar-refractivity contribution in [3.8, 4) is 0 Å². The zero-order valence-corrected chi connectivity index (χ0v) is 15.6. The molecule has 8 nitrogen and oxygen atoms in total. The van der Waals surface area contributed by atoms with Crippen molar-refractivity contribution in [3.63, 3.8) is 0 Å². The Morgan fingerprint density at radius 2 is 1.41 bits per heavy atom. The molecule has 1 aliphatic rings. The standard InChI is InChI=1S/C19H24N2O6/c1-11(22)20-15-10-16(19(27-13(3)24)18(15)26-12(2)23)21-17(25)9-14-7-5-4-6-8-14/h4-8,15-16,18-19H,9-10H2,1-3H3,(H,20,22)(H,21,25)/t15-,16+,18+,19-/m0/s1. The van der Waals surface area contributed by atoms with Gasteiger partial charge in [0.2, 0.25) is 11.8 Å². The van der Waals surface area contributed by atoms with Crippen LogP contribution in [0.25, 0.3) is 0 Å². The second-order valence-corrected chi connectivity index (χ2v) is 6.53. The summed E-state index contributed by atoms with van der Waals surface area (Å²) in [5.74, 6) is -1.70. The van der Waals surface area contributed by atoms with Crippen LogP contribution >= 0.6 is 0 Å². The monoisotopic (exact) mass is 376 g/mol. The lowest BCUT2D eigenvalue weighted by Crippen LogP contribution is -2.48. The highest BCUT2D eigenvalue weighted by molar-refractivity contribution is 5.79. The maximum Gasteiger partial charge on any atom is 0.303 e. The molecule has 0 aromatic heterocycles. The first-order valence-corrected chi connectivity index (χ1v) is 8.71. The summed E-state index contributed by atoms with van der Waals surface area (Å²) >= 11 is 0. The Morgan fingerprint density at radius 1 is 0.889 bits per heavy atom. The third-order valence-electron chi connectivity index (χ3n) is 4.17. The molecule has 0 aliphatic heterocycles. The maximum absolute atomic E-state index is 12.4. The molecule has 2 amide bonds. The quantitative estimate of drug-likeness (QED) is 0.699. The van der Waals surface area contributed by atoms with Gasteiger partial charge in [0.05, 0.1) is 18.5 Å². The van der Waals surface area contributed by atoms with Crippen molar-refractivity contribution in [2.75, 3.05) is 0 Å². The Labute approximate surface area is 157 Å². The predicted octanol–water partition coefficient (Wildman–Crippen LogP) is 0.486. The van der Waals surface area contributed by atoms with E-state index in [0.717, 1.165) is 5.56 Å². The van der Waals surface area contributed by atoms with Crippen LogP contribution in [0.2, 0.25) is 0 Å². The molecule has 0 radical (unpaired) electrons. The molecule has 146 valence electrons. The molecule has 1 aliphatic carbocycles. The van der Waals surface area contributed by atoms with Gasteiger partial charge in [0.15, 0.2) is 12.2 Å². The average molecular weight is 376 g/mol. The SMILES string of the molecule is CC(=O)N[C@H]1C[C@@H](NC(=O)Cc2ccccc2)[C@H](OC(C)=O)[C@@H]1OC(C)=O. The van der Waals surface area contributed by atoms with Gasteiger partial charge in [0.1, 0.15) is 0 Å². The fourth-order valence-electron chi connectivity index (χ4n) is 3.26. The molecular formula is C19H24N2O6. The van der Waals surface area contributed by atoms with Gasteiger partial charge in [-0.2, -0.15) is 0 Å². The van der Waals surface area contributed by atoms with Crippen molar-refractivity contribution < 1.29 is 28.7 Å². The topological polar surface area (TPSA) is 111 Å². The summed E-state index contributed by atoms with van der Waals surface area (Å²) in [4.78, 5) is 46.9. The van der Waals surface area contributed by atoms with Gasteiger partial charge >= 0.3 is 11.9 Å². The van der Waals surface area contributed by atoms with Gasteiger partial charge in [-0.25, -0.2) is 0 Å². The molecule has 1 aromatic rings. The molecule has 2 N–H and O–H groups in total. The Hall–Kier alpha value is -2.90. The average Bonchev–Trinajstić information content (AvgIpc) is 2.83. The van der Waals surface area contributed by atoms with E-state index < -0.39 is 36.2 Å². The minimum atomic E-state index is -0.886. The van der Waals surface area contributed by atoms with E-state index in [9.17, 15) is 19.2 Å². The van der Waals surface area contributed by atoms with Crippen LogP contribution in [0, 0.1) is 0 Å². The summed E-state index contributed by atoms with van der Waals surface area (Å²) < 4.78 is 10.6. The fourth-order valence-corrected chi connectivity index (χ4v) is 3.26. The van der Waals surface area contributed by atoms with Gasteiger partial charge in [0, 0.05) is 20.8 Å². The molecule has 1 aromatic carbocycles. The minimum Gasteiger partial charge on any atom is -0.456 e. The van der Waals surface area contributed by atoms with Crippen LogP contribution < -0.4 is 10.6 Å². The zero-order valence-electron chi connectivity index (χ0n) is 15.6. The Balaban J connectivity index is 2.15. The number of ether oxygens (including phenoxy) is 2. The van der Waals surface area contributed by atoms with Gasteiger partial charge in [-0.3, -0.25) is 19.2 Å². The molecule has 2 rings (SSSR count). The van der Waals surface area contributed by atoms with Crippen LogP contribution in [0.1, 0.15) is 32.8 Å². The lowest BCUT2D eigenvalue weighted by atomic mass is 10.1. The van der Waals surface area contributed by atoms with Crippen LogP contribution in [-0.4, -0.2) is 48.0 Å². The smallest absolute Gasteiger partial charge is 0.303 e. The first kappa shape index (κ1) is 20.4. The Bertz CT molecular complexity index is 705. The van der Waals surface area contributed by atoms with Crippen LogP contribution in [0.4, 0.5) is 0 Å². The number of carbonyl (C=O) groups is 4. The molecule has 8 heteroatoms. The summed E-state index contributed by atoms with van der Waals surface area (Å²) in [6, 6.07) is 8.03. The third kappa shape index (κ3) is 6.09. The minimum absolute atomic E-state index is 0.160. The van der Waals surface area contributed by atoms with Crippen molar-refractivity contribution in [1.82, 2.24) is 10.6 Å². The number of esters is 2. The highest BCUT2D eigenvalue weighted by atomic mass is 16.6. The van der Waals surface area contributed by atoms with Crippen LogP contribution in [0.5, 0.6) is 0 Å². The first-order valence-electron chi connectivity index (χ1n) is 8.71. The van der Waals surface area contributed by atoms with E-state index in [2.05, 4.69) is 10.6 Å². The normalized spacial score (nSPS) is 24.0. The highest BCUT2D eigenvalue weighted by Crippen LogP contribution is 2.27. The third-order valence-corrected chi connectivity index (χ3v) is 4.17. The summed E-state index contributed by atoms with van der Waals surface area (Å²) in [5, 5.41) is 5.53. The van der Waals surface area contributed by atoms with Crippen LogP contribution in [0.3, 0.4) is 0 Å². The van der Waals surface area contributed by atoms with Crippen LogP contribution in [0.15, 0.2) is 30.3 Å². The number of amides is 2. The van der Waals surface area contributed by atoms with Crippen LogP contribution in [-0.2, 0) is 35.1 Å². The van der Waals surface area contributed by atoms with Crippen molar-refractivity contribution in [2.45, 2.75) is 57.9 Å². The molecule has 0 spiro atoms. The molecule has 0 bridgehead atoms. The van der Waals surface area contributed by atoms with E-state index in [1.807, 2.05) is 30.3 Å². The molecular weight excluding hydrogens is 352 g/mol. The molecule has 1 fully saturated rings. The van der Waals surface area contributed by atoms with Crippen molar-refractivity contribution in [3.05, 3.63) is 35.9 Å². The highest BCUT2D eigenvalue weighted by Gasteiger charge is 2.48. The number of hydrogen-bond acceptors (Lipinski definition) is 6. The Morgan fingerprint density at radius 3 is 1.89 bits per heavy atom. The Kier molecular flexibility index (Phi) is 6.92. The van der Waals surface area contributed by atoms with E-state index in [1.165, 1.54) is 20.8 Å². The maximum atomic E-state index is 12.4. The molecule has 0 unspecified atom stereocenters. The first-order chi connectivity index (χ1) is 12.8. The molecule has 4 atom stereocenters. The molecule has 1 saturated carbocycles. The largest absolute Gasteiger partial charge is 0.456 e. The van der Waals surface area contributed by atoms with Gasteiger partial charge in [-0.15, -0.1) is 0 Å². The number of rotatable bonds is 6. The molecule has 27 heavy (non-hydrogen) atoms. The fraction of sp³-hybridized carbons (Fsp3) is 0.474.